The topological polar surface area (TPSA) is 8.17 Å². The van der Waals surface area contributed by atoms with Crippen molar-refractivity contribution in [1.29, 1.82) is 0 Å². The molecule has 0 saturated heterocycles. The zero-order chi connectivity index (χ0) is 42.0. The summed E-state index contributed by atoms with van der Waals surface area (Å²) in [6, 6.07) is 96.8. The molecule has 0 aliphatic rings. The molecule has 0 amide bonds. The molecule has 298 valence electrons. The molecule has 0 aliphatic heterocycles. The van der Waals surface area contributed by atoms with Crippen LogP contribution >= 0.6 is 0 Å². The molecule has 0 bridgehead atoms. The van der Waals surface area contributed by atoms with Crippen molar-refractivity contribution in [3.63, 3.8) is 0 Å². The zero-order valence-electron chi connectivity index (χ0n) is 34.8. The van der Waals surface area contributed by atoms with Gasteiger partial charge in [0.1, 0.15) is 0 Å². The van der Waals surface area contributed by atoms with Crippen LogP contribution in [0.5, 0.6) is 0 Å². The molecule has 2 nitrogen and oxygen atoms in total. The summed E-state index contributed by atoms with van der Waals surface area (Å²) in [6.45, 7) is 0. The van der Waals surface area contributed by atoms with Crippen LogP contribution in [0, 0.1) is 0 Å². The highest BCUT2D eigenvalue weighted by atomic mass is 15.1. The maximum atomic E-state index is 2.41. The third kappa shape index (κ3) is 6.61. The number of aromatic nitrogens is 1. The molecule has 0 N–H and O–H groups in total. The third-order valence-electron chi connectivity index (χ3n) is 12.6. The van der Waals surface area contributed by atoms with E-state index in [9.17, 15) is 0 Å². The van der Waals surface area contributed by atoms with Crippen LogP contribution in [-0.4, -0.2) is 4.57 Å². The number of rotatable bonds is 10. The van der Waals surface area contributed by atoms with Gasteiger partial charge in [0.25, 0.3) is 0 Å². The molecule has 1 heterocycles. The predicted octanol–water partition coefficient (Wildman–Crippen LogP) is 16.0. The van der Waals surface area contributed by atoms with Crippen LogP contribution in [0.4, 0.5) is 17.1 Å². The number of para-hydroxylation sites is 4. The van der Waals surface area contributed by atoms with Gasteiger partial charge in [-0.25, -0.2) is 0 Å². The van der Waals surface area contributed by atoms with Crippen LogP contribution in [0.1, 0.15) is 22.3 Å². The number of nitrogens with zero attached hydrogens (tertiary/aromatic N) is 2. The van der Waals surface area contributed by atoms with Gasteiger partial charge in [0.05, 0.1) is 27.8 Å². The van der Waals surface area contributed by atoms with Gasteiger partial charge in [-0.1, -0.05) is 218 Å². The van der Waals surface area contributed by atoms with E-state index >= 15 is 0 Å². The maximum absolute atomic E-state index is 2.41. The number of benzene rings is 10. The summed E-state index contributed by atoms with van der Waals surface area (Å²) >= 11 is 0. The summed E-state index contributed by atoms with van der Waals surface area (Å²) in [5.41, 5.74) is 15.8. The maximum Gasteiger partial charge on any atom is 0.0701 e. The van der Waals surface area contributed by atoms with Gasteiger partial charge in [0.2, 0.25) is 0 Å². The second-order valence-corrected chi connectivity index (χ2v) is 16.0. The molecule has 1 aromatic heterocycles. The Morgan fingerprint density at radius 1 is 0.286 bits per heavy atom. The van der Waals surface area contributed by atoms with Crippen LogP contribution in [-0.2, 0) is 5.41 Å². The molecule has 0 unspecified atom stereocenters. The van der Waals surface area contributed by atoms with Crippen LogP contribution in [0.15, 0.2) is 267 Å². The van der Waals surface area contributed by atoms with Crippen LogP contribution in [0.3, 0.4) is 0 Å². The monoisotopic (exact) mass is 804 g/mol. The smallest absolute Gasteiger partial charge is 0.0701 e. The van der Waals surface area contributed by atoms with E-state index in [1.807, 2.05) is 0 Å². The Kier molecular flexibility index (Phi) is 9.80. The molecule has 10 aromatic carbocycles. The first-order chi connectivity index (χ1) is 31.3. The van der Waals surface area contributed by atoms with E-state index in [2.05, 4.69) is 276 Å². The number of hydrogen-bond acceptors (Lipinski definition) is 1. The predicted molar refractivity (Wildman–Crippen MR) is 265 cm³/mol. The molecule has 0 radical (unpaired) electrons. The lowest BCUT2D eigenvalue weighted by Crippen LogP contribution is -2.31. The van der Waals surface area contributed by atoms with Gasteiger partial charge in [0.15, 0.2) is 0 Å². The van der Waals surface area contributed by atoms with Gasteiger partial charge < -0.3 is 9.47 Å². The van der Waals surface area contributed by atoms with Crippen molar-refractivity contribution in [1.82, 2.24) is 4.57 Å². The standard InChI is InChI=1S/C61H44N2/c1-5-21-45(22-6-1)53-29-13-17-33-57(53)62(52-43-39-50(40-44-52)61(47-23-7-2-8-24-47,48-25-9-3-10-26-48)49-27-11-4-12-28-49)51-41-37-46(38-42-51)54-30-14-18-34-58(54)63-59-35-19-15-31-55(59)56-32-16-20-36-60(56)63/h1-44H. The normalized spacial score (nSPS) is 11.5. The van der Waals surface area contributed by atoms with E-state index in [1.165, 1.54) is 55.2 Å². The zero-order valence-corrected chi connectivity index (χ0v) is 34.8. The average Bonchev–Trinajstić information content (AvgIpc) is 3.71. The molecule has 0 saturated carbocycles. The second kappa shape index (κ2) is 16.3. The fourth-order valence-electron chi connectivity index (χ4n) is 9.77. The summed E-state index contributed by atoms with van der Waals surface area (Å²) in [4.78, 5) is 2.41. The average molecular weight is 805 g/mol. The molecule has 0 fully saturated rings. The lowest BCUT2D eigenvalue weighted by atomic mass is 9.65. The van der Waals surface area contributed by atoms with Gasteiger partial charge >= 0.3 is 0 Å². The Labute approximate surface area is 369 Å². The van der Waals surface area contributed by atoms with E-state index in [1.54, 1.807) is 0 Å². The van der Waals surface area contributed by atoms with Crippen LogP contribution in [0.25, 0.3) is 49.7 Å². The van der Waals surface area contributed by atoms with Gasteiger partial charge in [0, 0.05) is 33.3 Å². The van der Waals surface area contributed by atoms with Crippen molar-refractivity contribution < 1.29 is 0 Å². The Bertz CT molecular complexity index is 3150. The first-order valence-corrected chi connectivity index (χ1v) is 21.7. The van der Waals surface area contributed by atoms with Crippen LogP contribution < -0.4 is 4.90 Å². The summed E-state index contributed by atoms with van der Waals surface area (Å²) in [5, 5.41) is 2.51. The first kappa shape index (κ1) is 37.8. The van der Waals surface area contributed by atoms with Gasteiger partial charge in [-0.2, -0.15) is 0 Å². The van der Waals surface area contributed by atoms with Crippen molar-refractivity contribution >= 4 is 38.9 Å². The molecule has 2 heteroatoms. The minimum absolute atomic E-state index is 0.541. The van der Waals surface area contributed by atoms with Crippen molar-refractivity contribution in [2.75, 3.05) is 4.90 Å². The highest BCUT2D eigenvalue weighted by molar-refractivity contribution is 6.09. The highest BCUT2D eigenvalue weighted by Gasteiger charge is 2.38. The Hall–Kier alpha value is -8.20. The van der Waals surface area contributed by atoms with Crippen molar-refractivity contribution in [2.24, 2.45) is 0 Å². The Morgan fingerprint density at radius 2 is 0.667 bits per heavy atom. The van der Waals surface area contributed by atoms with Gasteiger partial charge in [-0.15, -0.1) is 0 Å². The minimum atomic E-state index is -0.541. The fraction of sp³-hybridized carbons (Fsp3) is 0.0164. The molecular weight excluding hydrogens is 761 g/mol. The SMILES string of the molecule is c1ccc(-c2ccccc2N(c2ccc(-c3ccccc3-n3c4ccccc4c4ccccc43)cc2)c2ccc(C(c3ccccc3)(c3ccccc3)c3ccccc3)cc2)cc1. The molecule has 0 atom stereocenters. The van der Waals surface area contributed by atoms with Crippen molar-refractivity contribution in [3.8, 4) is 27.9 Å². The van der Waals surface area contributed by atoms with Gasteiger partial charge in [-0.3, -0.25) is 0 Å². The van der Waals surface area contributed by atoms with Crippen LogP contribution in [0.2, 0.25) is 0 Å². The van der Waals surface area contributed by atoms with E-state index in [-0.39, 0.29) is 0 Å². The highest BCUT2D eigenvalue weighted by Crippen LogP contribution is 2.47. The third-order valence-corrected chi connectivity index (χ3v) is 12.6. The summed E-state index contributed by atoms with van der Waals surface area (Å²) in [5.74, 6) is 0. The molecule has 11 rings (SSSR count). The van der Waals surface area contributed by atoms with Crippen molar-refractivity contribution in [2.45, 2.75) is 5.41 Å². The Morgan fingerprint density at radius 3 is 1.21 bits per heavy atom. The molecule has 0 spiro atoms. The number of hydrogen-bond donors (Lipinski definition) is 0. The van der Waals surface area contributed by atoms with E-state index in [4.69, 9.17) is 0 Å². The summed E-state index contributed by atoms with van der Waals surface area (Å²) < 4.78 is 2.41. The summed E-state index contributed by atoms with van der Waals surface area (Å²) in [7, 11) is 0. The quantitative estimate of drug-likeness (QED) is 0.125. The molecule has 0 aliphatic carbocycles. The van der Waals surface area contributed by atoms with Crippen molar-refractivity contribution in [3.05, 3.63) is 289 Å². The second-order valence-electron chi connectivity index (χ2n) is 16.0. The molecular formula is C61H44N2. The van der Waals surface area contributed by atoms with E-state index in [0.29, 0.717) is 0 Å². The number of fused-ring (bicyclic) bond motifs is 3. The minimum Gasteiger partial charge on any atom is -0.310 e. The first-order valence-electron chi connectivity index (χ1n) is 21.7. The van der Waals surface area contributed by atoms with Gasteiger partial charge in [-0.05, 0) is 81.9 Å². The fourth-order valence-corrected chi connectivity index (χ4v) is 9.77. The molecule has 63 heavy (non-hydrogen) atoms. The van der Waals surface area contributed by atoms with E-state index < -0.39 is 5.41 Å². The lowest BCUT2D eigenvalue weighted by Gasteiger charge is -2.37. The number of anilines is 3. The van der Waals surface area contributed by atoms with E-state index in [0.717, 1.165) is 33.9 Å². The largest absolute Gasteiger partial charge is 0.310 e. The Balaban J connectivity index is 1.07. The molecule has 11 aromatic rings. The summed E-state index contributed by atoms with van der Waals surface area (Å²) in [6.07, 6.45) is 0. The lowest BCUT2D eigenvalue weighted by molar-refractivity contribution is 0.745.